The highest BCUT2D eigenvalue weighted by Gasteiger charge is 2.37. The Bertz CT molecular complexity index is 333. The van der Waals surface area contributed by atoms with E-state index in [1.54, 1.807) is 0 Å². The van der Waals surface area contributed by atoms with Crippen LogP contribution in [0.5, 0.6) is 0 Å². The summed E-state index contributed by atoms with van der Waals surface area (Å²) in [4.78, 5) is 17.5. The van der Waals surface area contributed by atoms with Crippen molar-refractivity contribution in [3.8, 4) is 0 Å². The third-order valence-corrected chi connectivity index (χ3v) is 5.43. The van der Waals surface area contributed by atoms with Gasteiger partial charge in [0.2, 0.25) is 5.91 Å². The van der Waals surface area contributed by atoms with E-state index < -0.39 is 0 Å². The molecule has 1 saturated carbocycles. The number of hydrogen-bond donors (Lipinski definition) is 1. The van der Waals surface area contributed by atoms with Gasteiger partial charge in [0.05, 0.1) is 0 Å². The van der Waals surface area contributed by atoms with Crippen LogP contribution < -0.4 is 5.73 Å². The Hall–Kier alpha value is -0.610. The zero-order valence-corrected chi connectivity index (χ0v) is 11.9. The van der Waals surface area contributed by atoms with E-state index in [1.165, 1.54) is 32.2 Å². The van der Waals surface area contributed by atoms with Crippen molar-refractivity contribution in [3.63, 3.8) is 0 Å². The van der Waals surface area contributed by atoms with Crippen LogP contribution >= 0.6 is 0 Å². The Labute approximate surface area is 116 Å². The number of rotatable bonds is 2. The van der Waals surface area contributed by atoms with Crippen molar-refractivity contribution >= 4 is 5.91 Å². The van der Waals surface area contributed by atoms with Crippen LogP contribution in [0.4, 0.5) is 0 Å². The minimum absolute atomic E-state index is 0.215. The molecule has 0 radical (unpaired) electrons. The van der Waals surface area contributed by atoms with Gasteiger partial charge in [-0.1, -0.05) is 12.8 Å². The van der Waals surface area contributed by atoms with Crippen LogP contribution in [0.25, 0.3) is 0 Å². The molecule has 2 aliphatic heterocycles. The largest absolute Gasteiger partial charge is 0.340 e. The summed E-state index contributed by atoms with van der Waals surface area (Å²) in [5.41, 5.74) is 5.87. The second-order valence-corrected chi connectivity index (χ2v) is 6.50. The highest BCUT2D eigenvalue weighted by Crippen LogP contribution is 2.32. The van der Waals surface area contributed by atoms with E-state index in [2.05, 4.69) is 9.80 Å². The van der Waals surface area contributed by atoms with Gasteiger partial charge in [-0.25, -0.2) is 0 Å². The Morgan fingerprint density at radius 3 is 2.74 bits per heavy atom. The van der Waals surface area contributed by atoms with Crippen molar-refractivity contribution < 1.29 is 4.79 Å². The molecule has 2 N–H and O–H groups in total. The third kappa shape index (κ3) is 2.65. The molecule has 1 amide bonds. The molecule has 4 nitrogen and oxygen atoms in total. The molecule has 3 aliphatic rings. The fourth-order valence-electron chi connectivity index (χ4n) is 4.24. The van der Waals surface area contributed by atoms with E-state index in [1.807, 2.05) is 0 Å². The molecule has 2 heterocycles. The van der Waals surface area contributed by atoms with Crippen LogP contribution in [0, 0.1) is 11.8 Å². The van der Waals surface area contributed by atoms with Gasteiger partial charge in [-0.15, -0.1) is 0 Å². The first kappa shape index (κ1) is 13.4. The van der Waals surface area contributed by atoms with E-state index in [4.69, 9.17) is 5.73 Å². The first-order chi connectivity index (χ1) is 9.29. The van der Waals surface area contributed by atoms with Crippen molar-refractivity contribution in [2.75, 3.05) is 32.7 Å². The molecule has 3 atom stereocenters. The molecule has 2 saturated heterocycles. The summed E-state index contributed by atoms with van der Waals surface area (Å²) in [6.45, 7) is 4.90. The summed E-state index contributed by atoms with van der Waals surface area (Å²) >= 11 is 0. The molecule has 1 aliphatic carbocycles. The summed E-state index contributed by atoms with van der Waals surface area (Å²) in [5.74, 6) is 1.05. The smallest absolute Gasteiger partial charge is 0.226 e. The van der Waals surface area contributed by atoms with Crippen molar-refractivity contribution in [1.82, 2.24) is 9.80 Å². The third-order valence-electron chi connectivity index (χ3n) is 5.43. The standard InChI is InChI=1S/C15H27N3O/c16-10-12-4-1-2-6-14(12)15(19)18-9-8-17-7-3-5-13(17)11-18/h12-14H,1-11,16H2. The minimum Gasteiger partial charge on any atom is -0.340 e. The molecule has 3 unspecified atom stereocenters. The zero-order chi connectivity index (χ0) is 13.2. The van der Waals surface area contributed by atoms with Crippen LogP contribution in [0.3, 0.4) is 0 Å². The molecule has 0 spiro atoms. The number of carbonyl (C=O) groups excluding carboxylic acids is 1. The first-order valence-corrected chi connectivity index (χ1v) is 8.02. The molecule has 0 aromatic rings. The Morgan fingerprint density at radius 1 is 1.05 bits per heavy atom. The number of fused-ring (bicyclic) bond motifs is 1. The topological polar surface area (TPSA) is 49.6 Å². The minimum atomic E-state index is 0.215. The van der Waals surface area contributed by atoms with Crippen LogP contribution in [0.2, 0.25) is 0 Å². The molecule has 3 rings (SSSR count). The fourth-order valence-corrected chi connectivity index (χ4v) is 4.24. The molecule has 0 aromatic carbocycles. The van der Waals surface area contributed by atoms with Gasteiger partial charge in [0.1, 0.15) is 0 Å². The molecular weight excluding hydrogens is 238 g/mol. The average Bonchev–Trinajstić information content (AvgIpc) is 2.93. The second kappa shape index (κ2) is 5.80. The van der Waals surface area contributed by atoms with Crippen molar-refractivity contribution in [1.29, 1.82) is 0 Å². The van der Waals surface area contributed by atoms with Gasteiger partial charge < -0.3 is 10.6 Å². The monoisotopic (exact) mass is 265 g/mol. The predicted octanol–water partition coefficient (Wildman–Crippen LogP) is 1.06. The van der Waals surface area contributed by atoms with E-state index in [-0.39, 0.29) is 5.92 Å². The molecule has 3 fully saturated rings. The summed E-state index contributed by atoms with van der Waals surface area (Å²) in [6, 6.07) is 0.637. The van der Waals surface area contributed by atoms with Crippen molar-refractivity contribution in [3.05, 3.63) is 0 Å². The SMILES string of the molecule is NCC1CCCCC1C(=O)N1CCN2CCCC2C1. The molecule has 19 heavy (non-hydrogen) atoms. The quantitative estimate of drug-likeness (QED) is 0.812. The number of nitrogens with zero attached hydrogens (tertiary/aromatic N) is 2. The lowest BCUT2D eigenvalue weighted by Gasteiger charge is -2.41. The average molecular weight is 265 g/mol. The number of nitrogens with two attached hydrogens (primary N) is 1. The van der Waals surface area contributed by atoms with Gasteiger partial charge in [-0.2, -0.15) is 0 Å². The van der Waals surface area contributed by atoms with Crippen LogP contribution in [-0.2, 0) is 4.79 Å². The van der Waals surface area contributed by atoms with Gasteiger partial charge in [0.15, 0.2) is 0 Å². The van der Waals surface area contributed by atoms with Gasteiger partial charge in [-0.3, -0.25) is 9.69 Å². The molecule has 4 heteroatoms. The number of carbonyl (C=O) groups is 1. The lowest BCUT2D eigenvalue weighted by Crippen LogP contribution is -2.54. The van der Waals surface area contributed by atoms with Crippen LogP contribution in [-0.4, -0.2) is 54.5 Å². The second-order valence-electron chi connectivity index (χ2n) is 6.50. The number of hydrogen-bond acceptors (Lipinski definition) is 3. The Morgan fingerprint density at radius 2 is 1.89 bits per heavy atom. The maximum atomic E-state index is 12.8. The highest BCUT2D eigenvalue weighted by molar-refractivity contribution is 5.79. The molecule has 0 bridgehead atoms. The van der Waals surface area contributed by atoms with Crippen LogP contribution in [0.1, 0.15) is 38.5 Å². The Kier molecular flexibility index (Phi) is 4.08. The number of piperazine rings is 1. The highest BCUT2D eigenvalue weighted by atomic mass is 16.2. The lowest BCUT2D eigenvalue weighted by molar-refractivity contribution is -0.141. The van der Waals surface area contributed by atoms with Gasteiger partial charge in [0.25, 0.3) is 0 Å². The fraction of sp³-hybridized carbons (Fsp3) is 0.933. The molecule has 0 aromatic heterocycles. The van der Waals surface area contributed by atoms with E-state index in [9.17, 15) is 4.79 Å². The summed E-state index contributed by atoms with van der Waals surface area (Å²) < 4.78 is 0. The van der Waals surface area contributed by atoms with E-state index in [0.29, 0.717) is 24.4 Å². The van der Waals surface area contributed by atoms with E-state index in [0.717, 1.165) is 32.5 Å². The summed E-state index contributed by atoms with van der Waals surface area (Å²) in [6.07, 6.45) is 7.25. The maximum absolute atomic E-state index is 12.8. The summed E-state index contributed by atoms with van der Waals surface area (Å²) in [7, 11) is 0. The van der Waals surface area contributed by atoms with Gasteiger partial charge in [-0.05, 0) is 44.7 Å². The van der Waals surface area contributed by atoms with Gasteiger partial charge in [0, 0.05) is 31.6 Å². The molecular formula is C15H27N3O. The lowest BCUT2D eigenvalue weighted by atomic mass is 9.78. The maximum Gasteiger partial charge on any atom is 0.226 e. The molecule has 108 valence electrons. The van der Waals surface area contributed by atoms with Crippen molar-refractivity contribution in [2.24, 2.45) is 17.6 Å². The normalized spacial score (nSPS) is 36.3. The van der Waals surface area contributed by atoms with E-state index >= 15 is 0 Å². The Balaban J connectivity index is 1.62. The van der Waals surface area contributed by atoms with Crippen molar-refractivity contribution in [2.45, 2.75) is 44.6 Å². The zero-order valence-electron chi connectivity index (χ0n) is 11.9. The summed E-state index contributed by atoms with van der Waals surface area (Å²) in [5, 5.41) is 0. The van der Waals surface area contributed by atoms with Gasteiger partial charge >= 0.3 is 0 Å². The van der Waals surface area contributed by atoms with Crippen LogP contribution in [0.15, 0.2) is 0 Å². The predicted molar refractivity (Wildman–Crippen MR) is 75.7 cm³/mol. The number of amides is 1. The first-order valence-electron chi connectivity index (χ1n) is 8.02.